The van der Waals surface area contributed by atoms with Crippen molar-refractivity contribution < 1.29 is 9.84 Å². The maximum Gasteiger partial charge on any atom is 0.158 e. The zero-order valence-electron chi connectivity index (χ0n) is 18.2. The molecule has 4 N–H and O–H groups in total. The molecule has 0 saturated heterocycles. The van der Waals surface area contributed by atoms with Crippen LogP contribution in [0.25, 0.3) is 11.3 Å². The predicted octanol–water partition coefficient (Wildman–Crippen LogP) is 4.97. The van der Waals surface area contributed by atoms with E-state index in [0.717, 1.165) is 16.7 Å². The van der Waals surface area contributed by atoms with Gasteiger partial charge in [0.2, 0.25) is 0 Å². The molecule has 168 valence electrons. The van der Waals surface area contributed by atoms with Gasteiger partial charge in [0.15, 0.2) is 5.72 Å². The molecule has 0 spiro atoms. The third kappa shape index (κ3) is 5.42. The van der Waals surface area contributed by atoms with E-state index in [4.69, 9.17) is 27.5 Å². The topological polar surface area (TPSA) is 97.2 Å². The van der Waals surface area contributed by atoms with Gasteiger partial charge in [-0.05, 0) is 42.3 Å². The van der Waals surface area contributed by atoms with Gasteiger partial charge in [0.25, 0.3) is 0 Å². The Morgan fingerprint density at radius 2 is 1.79 bits per heavy atom. The van der Waals surface area contributed by atoms with Gasteiger partial charge in [-0.15, -0.1) is 0 Å². The molecule has 1 atom stereocenters. The van der Waals surface area contributed by atoms with Crippen LogP contribution in [0.4, 0.5) is 0 Å². The molecule has 0 aliphatic carbocycles. The van der Waals surface area contributed by atoms with E-state index in [1.165, 1.54) is 4.68 Å². The summed E-state index contributed by atoms with van der Waals surface area (Å²) in [6.07, 6.45) is 2.07. The second-order valence-electron chi connectivity index (χ2n) is 8.06. The maximum absolute atomic E-state index is 11.1. The average Bonchev–Trinajstić information content (AvgIpc) is 3.30. The van der Waals surface area contributed by atoms with E-state index in [2.05, 4.69) is 5.10 Å². The van der Waals surface area contributed by atoms with Crippen LogP contribution in [-0.2, 0) is 18.8 Å². The number of ether oxygens (including phenoxy) is 1. The summed E-state index contributed by atoms with van der Waals surface area (Å²) in [6.45, 7) is 2.12. The van der Waals surface area contributed by atoms with Crippen molar-refractivity contribution in [2.75, 3.05) is 0 Å². The molecular weight excluding hydrogens is 436 g/mol. The molecule has 1 heterocycles. The Labute approximate surface area is 197 Å². The Morgan fingerprint density at radius 1 is 1.06 bits per heavy atom. The number of aromatic nitrogens is 2. The van der Waals surface area contributed by atoms with Gasteiger partial charge in [0, 0.05) is 28.8 Å². The molecule has 1 aromatic heterocycles. The molecule has 33 heavy (non-hydrogen) atoms. The zero-order chi connectivity index (χ0) is 23.4. The maximum atomic E-state index is 11.1. The molecule has 4 aromatic rings. The lowest BCUT2D eigenvalue weighted by atomic mass is 10.0. The number of nitrogens with zero attached hydrogens (tertiary/aromatic N) is 2. The zero-order valence-corrected chi connectivity index (χ0v) is 19.0. The van der Waals surface area contributed by atoms with Gasteiger partial charge in [-0.2, -0.15) is 5.10 Å². The van der Waals surface area contributed by atoms with E-state index in [-0.39, 0.29) is 5.84 Å². The summed E-state index contributed by atoms with van der Waals surface area (Å²) < 4.78 is 7.59. The lowest BCUT2D eigenvalue weighted by Crippen LogP contribution is -2.32. The van der Waals surface area contributed by atoms with Gasteiger partial charge < -0.3 is 15.6 Å². The van der Waals surface area contributed by atoms with Crippen LogP contribution in [0.5, 0.6) is 5.75 Å². The third-order valence-electron chi connectivity index (χ3n) is 5.34. The highest BCUT2D eigenvalue weighted by molar-refractivity contribution is 6.30. The Bertz CT molecular complexity index is 1250. The minimum atomic E-state index is -1.26. The van der Waals surface area contributed by atoms with Crippen molar-refractivity contribution in [1.82, 2.24) is 9.78 Å². The second kappa shape index (κ2) is 9.48. The van der Waals surface area contributed by atoms with Crippen molar-refractivity contribution >= 4 is 17.4 Å². The van der Waals surface area contributed by atoms with Crippen LogP contribution in [0.1, 0.15) is 23.6 Å². The Kier molecular flexibility index (Phi) is 6.49. The van der Waals surface area contributed by atoms with E-state index in [1.54, 1.807) is 31.3 Å². The second-order valence-corrected chi connectivity index (χ2v) is 8.50. The van der Waals surface area contributed by atoms with E-state index >= 15 is 0 Å². The molecule has 0 aliphatic rings. The monoisotopic (exact) mass is 460 g/mol. The van der Waals surface area contributed by atoms with Crippen LogP contribution < -0.4 is 10.5 Å². The van der Waals surface area contributed by atoms with Crippen LogP contribution in [0.3, 0.4) is 0 Å². The summed E-state index contributed by atoms with van der Waals surface area (Å²) in [5, 5.41) is 23.8. The molecule has 0 amide bonds. The van der Waals surface area contributed by atoms with Gasteiger partial charge in [-0.3, -0.25) is 5.41 Å². The summed E-state index contributed by atoms with van der Waals surface area (Å²) in [5.74, 6) is 0.671. The minimum absolute atomic E-state index is 0.0110. The molecule has 4 rings (SSSR count). The Hall–Kier alpha value is -3.61. The van der Waals surface area contributed by atoms with Gasteiger partial charge in [-0.1, -0.05) is 66.2 Å². The van der Waals surface area contributed by atoms with E-state index in [1.807, 2.05) is 60.7 Å². The van der Waals surface area contributed by atoms with Crippen LogP contribution in [0.15, 0.2) is 85.1 Å². The molecule has 0 fully saturated rings. The first-order valence-electron chi connectivity index (χ1n) is 10.5. The van der Waals surface area contributed by atoms with Crippen molar-refractivity contribution in [2.45, 2.75) is 25.7 Å². The molecule has 6 nitrogen and oxygen atoms in total. The molecule has 3 aromatic carbocycles. The quantitative estimate of drug-likeness (QED) is 0.255. The summed E-state index contributed by atoms with van der Waals surface area (Å²) in [7, 11) is 0. The Balaban J connectivity index is 1.55. The lowest BCUT2D eigenvalue weighted by molar-refractivity contribution is -0.0293. The summed E-state index contributed by atoms with van der Waals surface area (Å²) in [6, 6.07) is 24.4. The van der Waals surface area contributed by atoms with Crippen LogP contribution >= 0.6 is 11.6 Å². The van der Waals surface area contributed by atoms with Gasteiger partial charge >= 0.3 is 0 Å². The van der Waals surface area contributed by atoms with Crippen LogP contribution in [0, 0.1) is 5.41 Å². The minimum Gasteiger partial charge on any atom is -0.488 e. The van der Waals surface area contributed by atoms with Crippen LogP contribution in [0.2, 0.25) is 5.02 Å². The number of nitrogen functional groups attached to an aromatic ring is 1. The van der Waals surface area contributed by atoms with E-state index in [0.29, 0.717) is 35.1 Å². The number of hydrogen-bond acceptors (Lipinski definition) is 4. The number of rotatable bonds is 8. The standard InChI is InChI=1S/C26H25ClN4O2/c1-26(32,16-18-7-9-20(10-8-18)25(28)29)31-14-13-23(30-31)22-15-21(27)11-12-24(22)33-17-19-5-3-2-4-6-19/h2-15,32H,16-17H2,1H3,(H3,28,29). The van der Waals surface area contributed by atoms with Crippen molar-refractivity contribution in [3.63, 3.8) is 0 Å². The first-order valence-corrected chi connectivity index (χ1v) is 10.9. The highest BCUT2D eigenvalue weighted by Crippen LogP contribution is 2.33. The number of halogens is 1. The lowest BCUT2D eigenvalue weighted by Gasteiger charge is -2.24. The largest absolute Gasteiger partial charge is 0.488 e. The van der Waals surface area contributed by atoms with Crippen molar-refractivity contribution in [3.05, 3.63) is 107 Å². The molecule has 0 aliphatic heterocycles. The number of nitrogens with two attached hydrogens (primary N) is 1. The summed E-state index contributed by atoms with van der Waals surface area (Å²) in [5.41, 5.74) is 8.25. The average molecular weight is 461 g/mol. The molecule has 0 radical (unpaired) electrons. The highest BCUT2D eigenvalue weighted by atomic mass is 35.5. The molecular formula is C26H25ClN4O2. The van der Waals surface area contributed by atoms with Crippen molar-refractivity contribution in [3.8, 4) is 17.0 Å². The first kappa shape index (κ1) is 22.6. The molecule has 7 heteroatoms. The number of aliphatic hydroxyl groups is 1. The fourth-order valence-corrected chi connectivity index (χ4v) is 3.74. The SMILES string of the molecule is CC(O)(Cc1ccc(C(=N)N)cc1)n1ccc(-c2cc(Cl)ccc2OCc2ccccc2)n1. The predicted molar refractivity (Wildman–Crippen MR) is 130 cm³/mol. The summed E-state index contributed by atoms with van der Waals surface area (Å²) in [4.78, 5) is 0. The highest BCUT2D eigenvalue weighted by Gasteiger charge is 2.25. The Morgan fingerprint density at radius 3 is 2.48 bits per heavy atom. The van der Waals surface area contributed by atoms with Gasteiger partial charge in [-0.25, -0.2) is 4.68 Å². The fraction of sp³-hybridized carbons (Fsp3) is 0.154. The molecule has 0 saturated carbocycles. The normalized spacial score (nSPS) is 12.8. The van der Waals surface area contributed by atoms with Crippen molar-refractivity contribution in [1.29, 1.82) is 5.41 Å². The van der Waals surface area contributed by atoms with Gasteiger partial charge in [0.1, 0.15) is 18.2 Å². The van der Waals surface area contributed by atoms with Crippen LogP contribution in [-0.4, -0.2) is 20.7 Å². The number of benzene rings is 3. The van der Waals surface area contributed by atoms with E-state index < -0.39 is 5.72 Å². The smallest absolute Gasteiger partial charge is 0.158 e. The third-order valence-corrected chi connectivity index (χ3v) is 5.58. The summed E-state index contributed by atoms with van der Waals surface area (Å²) >= 11 is 6.26. The van der Waals surface area contributed by atoms with Crippen molar-refractivity contribution in [2.24, 2.45) is 5.73 Å². The number of nitrogens with one attached hydrogen (secondary N) is 1. The van der Waals surface area contributed by atoms with Gasteiger partial charge in [0.05, 0.1) is 5.69 Å². The molecule has 0 bridgehead atoms. The van der Waals surface area contributed by atoms with E-state index in [9.17, 15) is 5.11 Å². The molecule has 1 unspecified atom stereocenters. The fourth-order valence-electron chi connectivity index (χ4n) is 3.57. The number of amidine groups is 1. The number of hydrogen-bond donors (Lipinski definition) is 3. The first-order chi connectivity index (χ1) is 15.8.